The van der Waals surface area contributed by atoms with Gasteiger partial charge in [0.2, 0.25) is 11.8 Å². The summed E-state index contributed by atoms with van der Waals surface area (Å²) in [5.74, 6) is 2.03. The highest BCUT2D eigenvalue weighted by Crippen LogP contribution is 2.43. The zero-order chi connectivity index (χ0) is 24.8. The first kappa shape index (κ1) is 22.7. The highest BCUT2D eigenvalue weighted by atomic mass is 32.1. The first-order valence-corrected chi connectivity index (χ1v) is 13.3. The summed E-state index contributed by atoms with van der Waals surface area (Å²) >= 11 is 1.88. The van der Waals surface area contributed by atoms with E-state index in [1.807, 2.05) is 41.7 Å². The molecule has 6 aromatic rings. The van der Waals surface area contributed by atoms with Crippen LogP contribution < -0.4 is 0 Å². The molecule has 3 nitrogen and oxygen atoms in total. The van der Waals surface area contributed by atoms with Crippen molar-refractivity contribution in [3.05, 3.63) is 96.1 Å². The van der Waals surface area contributed by atoms with E-state index in [1.54, 1.807) is 0 Å². The quantitative estimate of drug-likeness (QED) is 0.242. The van der Waals surface area contributed by atoms with Crippen LogP contribution >= 0.6 is 11.3 Å². The number of thiophene rings is 1. The second kappa shape index (κ2) is 9.03. The summed E-state index contributed by atoms with van der Waals surface area (Å²) in [6, 6.07) is 30.1. The Kier molecular flexibility index (Phi) is 5.69. The minimum atomic E-state index is 0.449. The van der Waals surface area contributed by atoms with Crippen LogP contribution in [0.5, 0.6) is 0 Å². The minimum absolute atomic E-state index is 0.449. The van der Waals surface area contributed by atoms with Gasteiger partial charge >= 0.3 is 0 Å². The van der Waals surface area contributed by atoms with Crippen molar-refractivity contribution >= 4 is 31.5 Å². The lowest BCUT2D eigenvalue weighted by Gasteiger charge is -2.11. The number of fused-ring (bicyclic) bond motifs is 3. The van der Waals surface area contributed by atoms with Gasteiger partial charge in [0.05, 0.1) is 0 Å². The molecule has 178 valence electrons. The number of aromatic nitrogens is 2. The molecule has 0 N–H and O–H groups in total. The molecule has 0 unspecified atom stereocenters. The molecule has 0 aliphatic rings. The number of rotatable bonds is 5. The molecular weight excluding hydrogens is 460 g/mol. The van der Waals surface area contributed by atoms with Gasteiger partial charge in [-0.2, -0.15) is 0 Å². The Balaban J connectivity index is 1.44. The predicted octanol–water partition coefficient (Wildman–Crippen LogP) is 9.69. The molecule has 0 fully saturated rings. The van der Waals surface area contributed by atoms with E-state index in [9.17, 15) is 0 Å². The minimum Gasteiger partial charge on any atom is -0.416 e. The molecule has 0 aliphatic heterocycles. The molecule has 0 bridgehead atoms. The summed E-state index contributed by atoms with van der Waals surface area (Å²) in [5.41, 5.74) is 7.07. The van der Waals surface area contributed by atoms with Crippen molar-refractivity contribution < 1.29 is 4.42 Å². The first-order chi connectivity index (χ1) is 17.5. The number of hydrogen-bond donors (Lipinski definition) is 0. The molecule has 6 rings (SSSR count). The van der Waals surface area contributed by atoms with Gasteiger partial charge < -0.3 is 4.42 Å². The van der Waals surface area contributed by atoms with Crippen molar-refractivity contribution in [3.8, 4) is 34.0 Å². The van der Waals surface area contributed by atoms with Gasteiger partial charge in [0, 0.05) is 31.3 Å². The van der Waals surface area contributed by atoms with Gasteiger partial charge in [0.1, 0.15) is 0 Å². The molecule has 0 saturated heterocycles. The maximum atomic E-state index is 5.97. The predicted molar refractivity (Wildman–Crippen MR) is 152 cm³/mol. The molecule has 0 aliphatic carbocycles. The monoisotopic (exact) mass is 488 g/mol. The number of benzene rings is 4. The van der Waals surface area contributed by atoms with E-state index in [-0.39, 0.29) is 0 Å². The van der Waals surface area contributed by atoms with Gasteiger partial charge in [0.15, 0.2) is 0 Å². The number of hydrogen-bond acceptors (Lipinski definition) is 4. The van der Waals surface area contributed by atoms with Crippen molar-refractivity contribution in [1.82, 2.24) is 10.2 Å². The Labute approximate surface area is 215 Å². The Hall–Kier alpha value is -3.76. The highest BCUT2D eigenvalue weighted by molar-refractivity contribution is 7.26. The van der Waals surface area contributed by atoms with Crippen LogP contribution in [0.25, 0.3) is 54.2 Å². The van der Waals surface area contributed by atoms with Crippen LogP contribution in [-0.2, 0) is 0 Å². The lowest BCUT2D eigenvalue weighted by Crippen LogP contribution is -1.90. The van der Waals surface area contributed by atoms with E-state index in [0.717, 1.165) is 11.1 Å². The standard InChI is InChI=1S/C32H28N2OS/c1-19(2)24-14-15-29-27(16-24)28-18-25(20(3)4)17-26(30(28)36-29)21-10-12-23(13-11-21)32-34-33-31(35-32)22-8-6-5-7-9-22/h5-20H,1-4H3. The van der Waals surface area contributed by atoms with Crippen LogP contribution in [0.15, 0.2) is 89.3 Å². The van der Waals surface area contributed by atoms with Gasteiger partial charge in [0.25, 0.3) is 0 Å². The molecule has 0 atom stereocenters. The maximum Gasteiger partial charge on any atom is 0.248 e. The third-order valence-electron chi connectivity index (χ3n) is 6.84. The van der Waals surface area contributed by atoms with Crippen LogP contribution in [0.3, 0.4) is 0 Å². The van der Waals surface area contributed by atoms with Crippen LogP contribution in [0, 0.1) is 0 Å². The molecule has 0 spiro atoms. The molecule has 2 heterocycles. The van der Waals surface area contributed by atoms with Gasteiger partial charge in [-0.25, -0.2) is 0 Å². The van der Waals surface area contributed by atoms with Gasteiger partial charge in [-0.15, -0.1) is 21.5 Å². The maximum absolute atomic E-state index is 5.97. The van der Waals surface area contributed by atoms with Gasteiger partial charge in [-0.1, -0.05) is 64.1 Å². The summed E-state index contributed by atoms with van der Waals surface area (Å²) in [4.78, 5) is 0. The second-order valence-corrected chi connectivity index (χ2v) is 11.0. The molecule has 0 radical (unpaired) electrons. The zero-order valence-electron chi connectivity index (χ0n) is 20.9. The van der Waals surface area contributed by atoms with E-state index < -0.39 is 0 Å². The van der Waals surface area contributed by atoms with E-state index in [2.05, 4.69) is 92.5 Å². The molecule has 4 heteroatoms. The third-order valence-corrected chi connectivity index (χ3v) is 8.06. The summed E-state index contributed by atoms with van der Waals surface area (Å²) in [5, 5.41) is 11.2. The second-order valence-electron chi connectivity index (χ2n) is 9.97. The first-order valence-electron chi connectivity index (χ1n) is 12.5. The molecule has 0 saturated carbocycles. The smallest absolute Gasteiger partial charge is 0.248 e. The van der Waals surface area contributed by atoms with Gasteiger partial charge in [-0.05, 0) is 82.6 Å². The Morgan fingerprint density at radius 2 is 1.22 bits per heavy atom. The van der Waals surface area contributed by atoms with Crippen molar-refractivity contribution in [1.29, 1.82) is 0 Å². The Morgan fingerprint density at radius 3 is 1.89 bits per heavy atom. The Bertz CT molecular complexity index is 1680. The van der Waals surface area contributed by atoms with Crippen molar-refractivity contribution in [3.63, 3.8) is 0 Å². The summed E-state index contributed by atoms with van der Waals surface area (Å²) in [6.45, 7) is 9.05. The average molecular weight is 489 g/mol. The molecule has 0 amide bonds. The largest absolute Gasteiger partial charge is 0.416 e. The average Bonchev–Trinajstić information content (AvgIpc) is 3.54. The lowest BCUT2D eigenvalue weighted by molar-refractivity contribution is 0.584. The normalized spacial score (nSPS) is 11.8. The van der Waals surface area contributed by atoms with Crippen molar-refractivity contribution in [2.45, 2.75) is 39.5 Å². The van der Waals surface area contributed by atoms with Crippen LogP contribution in [0.4, 0.5) is 0 Å². The fourth-order valence-electron chi connectivity index (χ4n) is 4.65. The SMILES string of the molecule is CC(C)c1ccc2sc3c(-c4ccc(-c5nnc(-c6ccccc6)o5)cc4)cc(C(C)C)cc3c2c1. The topological polar surface area (TPSA) is 38.9 Å². The van der Waals surface area contributed by atoms with Gasteiger partial charge in [-0.3, -0.25) is 0 Å². The fourth-order valence-corrected chi connectivity index (χ4v) is 5.86. The van der Waals surface area contributed by atoms with Crippen LogP contribution in [0.1, 0.15) is 50.7 Å². The summed E-state index contributed by atoms with van der Waals surface area (Å²) in [7, 11) is 0. The number of nitrogens with zero attached hydrogens (tertiary/aromatic N) is 2. The van der Waals surface area contributed by atoms with E-state index in [4.69, 9.17) is 4.42 Å². The van der Waals surface area contributed by atoms with E-state index in [1.165, 1.54) is 42.4 Å². The third kappa shape index (κ3) is 4.02. The molecule has 36 heavy (non-hydrogen) atoms. The van der Waals surface area contributed by atoms with Crippen LogP contribution in [0.2, 0.25) is 0 Å². The fraction of sp³-hybridized carbons (Fsp3) is 0.188. The highest BCUT2D eigenvalue weighted by Gasteiger charge is 2.16. The lowest BCUT2D eigenvalue weighted by atomic mass is 9.93. The summed E-state index contributed by atoms with van der Waals surface area (Å²) in [6.07, 6.45) is 0. The van der Waals surface area contributed by atoms with Crippen molar-refractivity contribution in [2.75, 3.05) is 0 Å². The zero-order valence-corrected chi connectivity index (χ0v) is 21.8. The molecule has 4 aromatic carbocycles. The van der Waals surface area contributed by atoms with E-state index >= 15 is 0 Å². The molecular formula is C32H28N2OS. The van der Waals surface area contributed by atoms with Crippen LogP contribution in [-0.4, -0.2) is 10.2 Å². The Morgan fingerprint density at radius 1 is 0.611 bits per heavy atom. The summed E-state index contributed by atoms with van der Waals surface area (Å²) < 4.78 is 8.65. The van der Waals surface area contributed by atoms with E-state index in [0.29, 0.717) is 23.6 Å². The van der Waals surface area contributed by atoms with Crippen molar-refractivity contribution in [2.24, 2.45) is 0 Å². The molecule has 2 aromatic heterocycles.